The van der Waals surface area contributed by atoms with E-state index in [2.05, 4.69) is 4.98 Å². The highest BCUT2D eigenvalue weighted by Gasteiger charge is 2.27. The van der Waals surface area contributed by atoms with Gasteiger partial charge in [-0.3, -0.25) is 4.79 Å². The molecule has 2 nitrogen and oxygen atoms in total. The highest BCUT2D eigenvalue weighted by Crippen LogP contribution is 2.29. The highest BCUT2D eigenvalue weighted by atomic mass is 19.2. The van der Waals surface area contributed by atoms with Gasteiger partial charge >= 0.3 is 0 Å². The Hall–Kier alpha value is -2.18. The summed E-state index contributed by atoms with van der Waals surface area (Å²) in [6, 6.07) is 1.04. The molecule has 0 bridgehead atoms. The molecule has 0 saturated carbocycles. The Morgan fingerprint density at radius 1 is 0.895 bits per heavy atom. The Bertz CT molecular complexity index is 694. The maximum atomic E-state index is 13.5. The number of benzene rings is 1. The molecule has 1 N–H and O–H groups in total. The van der Waals surface area contributed by atoms with E-state index in [0.29, 0.717) is 5.56 Å². The summed E-state index contributed by atoms with van der Waals surface area (Å²) in [5.74, 6) is -10.5. The van der Waals surface area contributed by atoms with Crippen LogP contribution in [0.2, 0.25) is 0 Å². The molecule has 0 amide bonds. The van der Waals surface area contributed by atoms with Crippen LogP contribution in [-0.2, 0) is 0 Å². The Labute approximate surface area is 103 Å². The number of aryl methyl sites for hydroxylation is 1. The molecular weight excluding hydrogens is 269 g/mol. The maximum Gasteiger partial charge on any atom is 0.256 e. The first kappa shape index (κ1) is 13.3. The predicted molar refractivity (Wildman–Crippen MR) is 57.0 cm³/mol. The number of halogens is 5. The summed E-state index contributed by atoms with van der Waals surface area (Å²) >= 11 is 0. The van der Waals surface area contributed by atoms with E-state index < -0.39 is 45.8 Å². The fourth-order valence-corrected chi connectivity index (χ4v) is 1.62. The van der Waals surface area contributed by atoms with Crippen molar-refractivity contribution in [2.75, 3.05) is 0 Å². The molecule has 0 aliphatic rings. The van der Waals surface area contributed by atoms with Crippen LogP contribution in [0.3, 0.4) is 0 Å². The first-order chi connectivity index (χ1) is 8.84. The maximum absolute atomic E-state index is 13.5. The average Bonchev–Trinajstić information content (AvgIpc) is 2.38. The molecule has 0 fully saturated rings. The van der Waals surface area contributed by atoms with Gasteiger partial charge in [-0.1, -0.05) is 0 Å². The van der Waals surface area contributed by atoms with E-state index in [-0.39, 0.29) is 0 Å². The van der Waals surface area contributed by atoms with Gasteiger partial charge in [-0.2, -0.15) is 0 Å². The standard InChI is InChI=1S/C12H6F5NO/c1-4-2-5(12(19)18-3-4)6-7(13)9(15)11(17)10(16)8(6)14/h2-3H,1H3,(H,18,19). The van der Waals surface area contributed by atoms with E-state index in [1.54, 1.807) is 0 Å². The van der Waals surface area contributed by atoms with Gasteiger partial charge in [-0.15, -0.1) is 0 Å². The third kappa shape index (κ3) is 2.00. The first-order valence-corrected chi connectivity index (χ1v) is 5.05. The molecule has 0 unspecified atom stereocenters. The number of nitrogens with one attached hydrogen (secondary N) is 1. The van der Waals surface area contributed by atoms with Crippen LogP contribution in [0.1, 0.15) is 5.56 Å². The van der Waals surface area contributed by atoms with Crippen molar-refractivity contribution in [3.05, 3.63) is 57.3 Å². The second kappa shape index (κ2) is 4.49. The molecule has 7 heteroatoms. The summed E-state index contributed by atoms with van der Waals surface area (Å²) in [6.07, 6.45) is 1.25. The van der Waals surface area contributed by atoms with Crippen LogP contribution in [0.25, 0.3) is 11.1 Å². The van der Waals surface area contributed by atoms with Crippen molar-refractivity contribution in [2.24, 2.45) is 0 Å². The lowest BCUT2D eigenvalue weighted by Gasteiger charge is -2.08. The molecule has 1 aromatic carbocycles. The average molecular weight is 275 g/mol. The van der Waals surface area contributed by atoms with Crippen molar-refractivity contribution in [1.82, 2.24) is 4.98 Å². The molecule has 1 heterocycles. The Balaban J connectivity index is 2.91. The van der Waals surface area contributed by atoms with E-state index in [0.717, 1.165) is 6.07 Å². The zero-order valence-corrected chi connectivity index (χ0v) is 9.45. The lowest BCUT2D eigenvalue weighted by molar-refractivity contribution is 0.381. The van der Waals surface area contributed by atoms with Gasteiger partial charge in [0.25, 0.3) is 5.56 Å². The quantitative estimate of drug-likeness (QED) is 0.484. The van der Waals surface area contributed by atoms with Gasteiger partial charge in [0.2, 0.25) is 5.82 Å². The highest BCUT2D eigenvalue weighted by molar-refractivity contribution is 5.65. The van der Waals surface area contributed by atoms with E-state index in [1.807, 2.05) is 0 Å². The summed E-state index contributed by atoms with van der Waals surface area (Å²) in [4.78, 5) is 13.6. The van der Waals surface area contributed by atoms with E-state index in [4.69, 9.17) is 0 Å². The van der Waals surface area contributed by atoms with Crippen molar-refractivity contribution >= 4 is 0 Å². The minimum atomic E-state index is -2.26. The molecule has 0 aliphatic heterocycles. The minimum absolute atomic E-state index is 0.401. The second-order valence-electron chi connectivity index (χ2n) is 3.86. The summed E-state index contributed by atoms with van der Waals surface area (Å²) in [5.41, 5.74) is -2.40. The van der Waals surface area contributed by atoms with Crippen LogP contribution in [0.15, 0.2) is 17.1 Å². The molecule has 0 spiro atoms. The molecular formula is C12H6F5NO. The first-order valence-electron chi connectivity index (χ1n) is 5.05. The number of H-pyrrole nitrogens is 1. The van der Waals surface area contributed by atoms with Crippen molar-refractivity contribution in [2.45, 2.75) is 6.92 Å². The predicted octanol–water partition coefficient (Wildman–Crippen LogP) is 3.05. The minimum Gasteiger partial charge on any atom is -0.328 e. The zero-order chi connectivity index (χ0) is 14.3. The number of aromatic amines is 1. The molecule has 2 aromatic rings. The summed E-state index contributed by atoms with van der Waals surface area (Å²) < 4.78 is 66.0. The molecule has 19 heavy (non-hydrogen) atoms. The van der Waals surface area contributed by atoms with Gasteiger partial charge in [0.15, 0.2) is 23.3 Å². The Morgan fingerprint density at radius 3 is 1.89 bits per heavy atom. The second-order valence-corrected chi connectivity index (χ2v) is 3.86. The normalized spacial score (nSPS) is 10.8. The molecule has 0 aliphatic carbocycles. The molecule has 100 valence electrons. The third-order valence-corrected chi connectivity index (χ3v) is 2.53. The van der Waals surface area contributed by atoms with Gasteiger partial charge in [0.05, 0.1) is 11.1 Å². The van der Waals surface area contributed by atoms with Crippen LogP contribution in [-0.4, -0.2) is 4.98 Å². The van der Waals surface area contributed by atoms with Gasteiger partial charge in [-0.05, 0) is 18.6 Å². The van der Waals surface area contributed by atoms with Gasteiger partial charge in [-0.25, -0.2) is 22.0 Å². The summed E-state index contributed by atoms with van der Waals surface area (Å²) in [6.45, 7) is 1.49. The van der Waals surface area contributed by atoms with Crippen LogP contribution >= 0.6 is 0 Å². The Morgan fingerprint density at radius 2 is 1.37 bits per heavy atom. The van der Waals surface area contributed by atoms with Gasteiger partial charge in [0, 0.05) is 6.20 Å². The van der Waals surface area contributed by atoms with Gasteiger partial charge in [0.1, 0.15) is 0 Å². The number of hydrogen-bond donors (Lipinski definition) is 1. The molecule has 0 saturated heterocycles. The number of hydrogen-bond acceptors (Lipinski definition) is 1. The summed E-state index contributed by atoms with van der Waals surface area (Å²) in [5, 5.41) is 0. The molecule has 1 aromatic heterocycles. The monoisotopic (exact) mass is 275 g/mol. The van der Waals surface area contributed by atoms with E-state index >= 15 is 0 Å². The summed E-state index contributed by atoms with van der Waals surface area (Å²) in [7, 11) is 0. The Kier molecular flexibility index (Phi) is 3.13. The molecule has 0 atom stereocenters. The van der Waals surface area contributed by atoms with E-state index in [1.165, 1.54) is 13.1 Å². The fraction of sp³-hybridized carbons (Fsp3) is 0.0833. The largest absolute Gasteiger partial charge is 0.328 e. The van der Waals surface area contributed by atoms with Crippen LogP contribution in [0, 0.1) is 36.0 Å². The van der Waals surface area contributed by atoms with Crippen LogP contribution in [0.4, 0.5) is 22.0 Å². The van der Waals surface area contributed by atoms with Crippen molar-refractivity contribution < 1.29 is 22.0 Å². The molecule has 0 radical (unpaired) electrons. The van der Waals surface area contributed by atoms with Crippen molar-refractivity contribution in [3.63, 3.8) is 0 Å². The smallest absolute Gasteiger partial charge is 0.256 e. The molecule has 2 rings (SSSR count). The number of rotatable bonds is 1. The lowest BCUT2D eigenvalue weighted by atomic mass is 10.0. The van der Waals surface area contributed by atoms with Crippen molar-refractivity contribution in [1.29, 1.82) is 0 Å². The van der Waals surface area contributed by atoms with Crippen molar-refractivity contribution in [3.8, 4) is 11.1 Å². The fourth-order valence-electron chi connectivity index (χ4n) is 1.62. The number of aromatic nitrogens is 1. The van der Waals surface area contributed by atoms with E-state index in [9.17, 15) is 26.7 Å². The van der Waals surface area contributed by atoms with Crippen LogP contribution in [0.5, 0.6) is 0 Å². The zero-order valence-electron chi connectivity index (χ0n) is 9.45. The lowest BCUT2D eigenvalue weighted by Crippen LogP contribution is -2.13. The SMILES string of the molecule is Cc1c[nH]c(=O)c(-c2c(F)c(F)c(F)c(F)c2F)c1. The number of pyridine rings is 1. The van der Waals surface area contributed by atoms with Crippen LogP contribution < -0.4 is 5.56 Å². The third-order valence-electron chi connectivity index (χ3n) is 2.53. The van der Waals surface area contributed by atoms with Gasteiger partial charge < -0.3 is 4.98 Å². The topological polar surface area (TPSA) is 32.9 Å².